The number of hydrogen-bond donors (Lipinski definition) is 0. The van der Waals surface area contributed by atoms with E-state index in [1.165, 1.54) is 16.7 Å². The quantitative estimate of drug-likeness (QED) is 0.134. The largest absolute Gasteiger partial charge is 0.503 e. The summed E-state index contributed by atoms with van der Waals surface area (Å²) in [7, 11) is 0. The van der Waals surface area contributed by atoms with Crippen LogP contribution in [0.1, 0.15) is 11.1 Å². The van der Waals surface area contributed by atoms with Crippen LogP contribution in [0.3, 0.4) is 0 Å². The number of ether oxygens (including phenoxy) is 2. The van der Waals surface area contributed by atoms with E-state index in [1.807, 2.05) is 86.0 Å². The average molecular weight is 797 g/mol. The molecule has 4 heterocycles. The molecule has 1 radical (unpaired) electrons. The van der Waals surface area contributed by atoms with E-state index >= 15 is 0 Å². The number of hydrogen-bond acceptors (Lipinski definition) is 4. The first-order valence-electron chi connectivity index (χ1n) is 15.7. The Bertz CT molecular complexity index is 2210. The van der Waals surface area contributed by atoms with Gasteiger partial charge in [0.15, 0.2) is 0 Å². The first-order chi connectivity index (χ1) is 23.1. The van der Waals surface area contributed by atoms with E-state index in [2.05, 4.69) is 84.7 Å². The zero-order valence-corrected chi connectivity index (χ0v) is 28.8. The number of aryl methyl sites for hydroxylation is 2. The van der Waals surface area contributed by atoms with Gasteiger partial charge in [0, 0.05) is 44.0 Å². The molecule has 48 heavy (non-hydrogen) atoms. The maximum absolute atomic E-state index is 6.51. The molecule has 0 N–H and O–H groups in total. The van der Waals surface area contributed by atoms with Crippen LogP contribution in [0.4, 0.5) is 0 Å². The minimum Gasteiger partial charge on any atom is -0.503 e. The predicted octanol–water partition coefficient (Wildman–Crippen LogP) is 8.11. The number of pyridine rings is 2. The van der Waals surface area contributed by atoms with Crippen molar-refractivity contribution in [1.82, 2.24) is 9.97 Å². The summed E-state index contributed by atoms with van der Waals surface area (Å²) in [6.07, 6.45) is 3.80. The van der Waals surface area contributed by atoms with Crippen LogP contribution in [0.2, 0.25) is 0 Å². The fourth-order valence-corrected chi connectivity index (χ4v) is 6.29. The van der Waals surface area contributed by atoms with E-state index in [0.717, 1.165) is 67.5 Å². The van der Waals surface area contributed by atoms with E-state index in [0.29, 0.717) is 0 Å². The van der Waals surface area contributed by atoms with Crippen molar-refractivity contribution in [2.75, 3.05) is 0 Å². The Morgan fingerprint density at radius 3 is 1.98 bits per heavy atom. The second-order valence-corrected chi connectivity index (χ2v) is 11.7. The van der Waals surface area contributed by atoms with E-state index in [1.54, 1.807) is 0 Å². The Kier molecular flexibility index (Phi) is 8.77. The van der Waals surface area contributed by atoms with Gasteiger partial charge in [0.05, 0.1) is 0 Å². The molecule has 4 nitrogen and oxygen atoms in total. The molecule has 233 valence electrons. The summed E-state index contributed by atoms with van der Waals surface area (Å²) in [5, 5.41) is 0. The monoisotopic (exact) mass is 797 g/mol. The fraction of sp³-hybridized carbons (Fsp3) is 0.0476. The van der Waals surface area contributed by atoms with Crippen LogP contribution >= 0.6 is 0 Å². The maximum atomic E-state index is 6.51. The summed E-state index contributed by atoms with van der Waals surface area (Å²) in [4.78, 5) is 9.14. The molecule has 5 aromatic carbocycles. The minimum atomic E-state index is 0. The van der Waals surface area contributed by atoms with Gasteiger partial charge in [0.1, 0.15) is 11.5 Å². The van der Waals surface area contributed by atoms with Crippen molar-refractivity contribution in [3.63, 3.8) is 0 Å². The van der Waals surface area contributed by atoms with E-state index in [4.69, 9.17) is 14.5 Å². The molecule has 0 saturated carbocycles. The number of aromatic nitrogens is 2. The Labute approximate surface area is 294 Å². The van der Waals surface area contributed by atoms with Gasteiger partial charge in [0.2, 0.25) is 6.71 Å². The average Bonchev–Trinajstić information content (AvgIpc) is 3.13. The van der Waals surface area contributed by atoms with Crippen LogP contribution < -0.4 is 25.9 Å². The minimum absolute atomic E-state index is 0. The van der Waals surface area contributed by atoms with E-state index in [-0.39, 0.29) is 26.8 Å². The summed E-state index contributed by atoms with van der Waals surface area (Å²) >= 11 is 0. The van der Waals surface area contributed by atoms with Crippen molar-refractivity contribution >= 4 is 23.1 Å². The maximum Gasteiger partial charge on any atom is 0.239 e. The van der Waals surface area contributed by atoms with Crippen LogP contribution in [0.5, 0.6) is 23.0 Å². The summed E-state index contributed by atoms with van der Waals surface area (Å²) in [6, 6.07) is 49.4. The third-order valence-corrected chi connectivity index (χ3v) is 8.64. The van der Waals surface area contributed by atoms with Crippen molar-refractivity contribution in [2.45, 2.75) is 13.8 Å². The fourth-order valence-electron chi connectivity index (χ4n) is 6.29. The van der Waals surface area contributed by atoms with Gasteiger partial charge in [-0.2, -0.15) is 0 Å². The molecule has 7 aromatic rings. The number of fused-ring (bicyclic) bond motifs is 4. The van der Waals surface area contributed by atoms with Crippen molar-refractivity contribution in [3.05, 3.63) is 163 Å². The topological polar surface area (TPSA) is 44.2 Å². The molecule has 2 aliphatic heterocycles. The van der Waals surface area contributed by atoms with Gasteiger partial charge in [0.25, 0.3) is 0 Å². The van der Waals surface area contributed by atoms with Gasteiger partial charge < -0.3 is 19.4 Å². The molecule has 6 heteroatoms. The molecule has 0 fully saturated rings. The standard InChI is InChI=1S/C30H19BNO2.C12H10N.Ir/c1-19-8-2-3-9-21(19)20-14-16-25(32-18-20)22-15-17-28-29-30(22)34-27-13-7-5-11-24(27)31(29)23-10-4-6-12-26(23)33-28;1-10-7-8-12(13-9-10)11-5-3-2-4-6-11;/h2-14,16-18H,1H3;2-5,7-9H,1H3;/q2*-1;. The van der Waals surface area contributed by atoms with Gasteiger partial charge in [-0.1, -0.05) is 96.0 Å². The van der Waals surface area contributed by atoms with Crippen molar-refractivity contribution in [3.8, 4) is 56.6 Å². The summed E-state index contributed by atoms with van der Waals surface area (Å²) in [5.74, 6) is 3.30. The Morgan fingerprint density at radius 2 is 1.29 bits per heavy atom. The third kappa shape index (κ3) is 5.86. The van der Waals surface area contributed by atoms with Crippen LogP contribution in [-0.2, 0) is 20.1 Å². The van der Waals surface area contributed by atoms with Crippen LogP contribution in [-0.4, -0.2) is 16.7 Å². The predicted molar refractivity (Wildman–Crippen MR) is 190 cm³/mol. The van der Waals surface area contributed by atoms with Gasteiger partial charge in [-0.05, 0) is 70.5 Å². The number of para-hydroxylation sites is 2. The Morgan fingerprint density at radius 1 is 0.604 bits per heavy atom. The van der Waals surface area contributed by atoms with Crippen molar-refractivity contribution in [1.29, 1.82) is 0 Å². The molecule has 0 saturated heterocycles. The van der Waals surface area contributed by atoms with E-state index < -0.39 is 0 Å². The molecule has 2 aromatic heterocycles. The number of benzene rings is 5. The molecular formula is C42H29BIrN2O2-2. The summed E-state index contributed by atoms with van der Waals surface area (Å²) < 4.78 is 12.8. The third-order valence-electron chi connectivity index (χ3n) is 8.64. The van der Waals surface area contributed by atoms with Gasteiger partial charge in [-0.3, -0.25) is 0 Å². The molecule has 2 aliphatic rings. The molecule has 0 aliphatic carbocycles. The molecule has 0 spiro atoms. The molecule has 0 amide bonds. The number of nitrogens with zero attached hydrogens (tertiary/aromatic N) is 2. The van der Waals surface area contributed by atoms with Crippen LogP contribution in [0, 0.1) is 26.0 Å². The van der Waals surface area contributed by atoms with Crippen molar-refractivity contribution in [2.24, 2.45) is 0 Å². The Balaban J connectivity index is 0.000000220. The zero-order chi connectivity index (χ0) is 31.7. The van der Waals surface area contributed by atoms with Crippen LogP contribution in [0.25, 0.3) is 33.6 Å². The zero-order valence-electron chi connectivity index (χ0n) is 26.4. The second kappa shape index (κ2) is 13.4. The van der Waals surface area contributed by atoms with Gasteiger partial charge >= 0.3 is 0 Å². The van der Waals surface area contributed by atoms with Crippen LogP contribution in [0.15, 0.2) is 140 Å². The molecule has 0 atom stereocenters. The second-order valence-electron chi connectivity index (χ2n) is 11.7. The SMILES string of the molecule is Cc1ccc(-c2[c-]cccc2)nc1.Cc1ccccc1-c1ccc(-c2[c-]cc3c4c2Oc2ccccc2B4c2ccccc2O3)nc1.[Ir]. The Hall–Kier alpha value is -5.29. The van der Waals surface area contributed by atoms with Gasteiger partial charge in [-0.25, -0.2) is 0 Å². The van der Waals surface area contributed by atoms with E-state index in [9.17, 15) is 0 Å². The first-order valence-corrected chi connectivity index (χ1v) is 15.7. The summed E-state index contributed by atoms with van der Waals surface area (Å²) in [5.41, 5.74) is 11.7. The van der Waals surface area contributed by atoms with Gasteiger partial charge in [-0.15, -0.1) is 48.0 Å². The molecular weight excluding hydrogens is 768 g/mol. The van der Waals surface area contributed by atoms with Crippen molar-refractivity contribution < 1.29 is 29.6 Å². The first kappa shape index (κ1) is 31.3. The normalized spacial score (nSPS) is 11.7. The molecule has 0 unspecified atom stereocenters. The number of rotatable bonds is 3. The summed E-state index contributed by atoms with van der Waals surface area (Å²) in [6.45, 7) is 4.19. The molecule has 0 bridgehead atoms. The molecule has 9 rings (SSSR count). The smallest absolute Gasteiger partial charge is 0.239 e.